The van der Waals surface area contributed by atoms with Gasteiger partial charge in [0.1, 0.15) is 43.0 Å². The van der Waals surface area contributed by atoms with Crippen molar-refractivity contribution >= 4 is 39.8 Å². The summed E-state index contributed by atoms with van der Waals surface area (Å²) < 4.78 is 15.8. The van der Waals surface area contributed by atoms with Crippen LogP contribution in [0, 0.1) is 5.92 Å². The molecule has 5 aromatic carbocycles. The second-order valence-electron chi connectivity index (χ2n) is 20.1. The summed E-state index contributed by atoms with van der Waals surface area (Å²) in [6, 6.07) is 23.2. The van der Waals surface area contributed by atoms with Gasteiger partial charge in [0.2, 0.25) is 11.3 Å². The molecule has 5 heterocycles. The quantitative estimate of drug-likeness (QED) is 0.0557. The van der Waals surface area contributed by atoms with Crippen molar-refractivity contribution < 1.29 is 34.1 Å². The first-order chi connectivity index (χ1) is 33.8. The van der Waals surface area contributed by atoms with Crippen LogP contribution in [0.15, 0.2) is 72.8 Å². The second-order valence-corrected chi connectivity index (χ2v) is 20.1. The maximum atomic E-state index is 14.6. The lowest BCUT2D eigenvalue weighted by Crippen LogP contribution is -2.49. The minimum absolute atomic E-state index is 0.0920. The molecular formula is C57H64N5O7+. The highest BCUT2D eigenvalue weighted by Gasteiger charge is 2.37. The monoisotopic (exact) mass is 930 g/mol. The highest BCUT2D eigenvalue weighted by atomic mass is 16.5. The molecule has 6 aliphatic rings. The van der Waals surface area contributed by atoms with Gasteiger partial charge in [0.15, 0.2) is 0 Å². The Morgan fingerprint density at radius 1 is 0.812 bits per heavy atom. The van der Waals surface area contributed by atoms with Gasteiger partial charge in [-0.2, -0.15) is 0 Å². The number of carboxylic acid groups (broad SMARTS) is 1. The molecule has 0 bridgehead atoms. The van der Waals surface area contributed by atoms with Gasteiger partial charge in [-0.15, -0.1) is 0 Å². The summed E-state index contributed by atoms with van der Waals surface area (Å²) in [5, 5.41) is 30.7. The third-order valence-corrected chi connectivity index (χ3v) is 15.5. The molecule has 2 amide bonds. The lowest BCUT2D eigenvalue weighted by molar-refractivity contribution is -0.134. The van der Waals surface area contributed by atoms with E-state index in [-0.39, 0.29) is 42.5 Å². The fourth-order valence-corrected chi connectivity index (χ4v) is 12.2. The number of aliphatic hydroxyl groups excluding tert-OH is 1. The number of nitrogens with zero attached hydrogens (tertiary/aromatic N) is 3. The Kier molecular flexibility index (Phi) is 12.9. The molecular weight excluding hydrogens is 867 g/mol. The van der Waals surface area contributed by atoms with Gasteiger partial charge in [-0.25, -0.2) is 9.37 Å². The molecule has 0 saturated heterocycles. The fraction of sp³-hybridized carbons (Fsp3) is 0.439. The zero-order valence-electron chi connectivity index (χ0n) is 39.6. The zero-order valence-corrected chi connectivity index (χ0v) is 39.6. The molecule has 5 aromatic rings. The van der Waals surface area contributed by atoms with E-state index >= 15 is 0 Å². The summed E-state index contributed by atoms with van der Waals surface area (Å²) in [6.45, 7) is 5.07. The van der Waals surface area contributed by atoms with E-state index in [0.717, 1.165) is 155 Å². The normalized spacial score (nSPS) is 17.7. The van der Waals surface area contributed by atoms with Crippen molar-refractivity contribution in [1.29, 1.82) is 0 Å². The van der Waals surface area contributed by atoms with Gasteiger partial charge in [0.25, 0.3) is 5.91 Å². The average Bonchev–Trinajstić information content (AvgIpc) is 3.59. The topological polar surface area (TPSA) is 144 Å². The van der Waals surface area contributed by atoms with E-state index in [9.17, 15) is 24.6 Å². The van der Waals surface area contributed by atoms with E-state index in [4.69, 9.17) is 9.47 Å². The highest BCUT2D eigenvalue weighted by molar-refractivity contribution is 6.03. The molecule has 1 unspecified atom stereocenters. The molecule has 1 fully saturated rings. The number of carboxylic acids is 1. The van der Waals surface area contributed by atoms with Gasteiger partial charge >= 0.3 is 5.97 Å². The number of hydrogen-bond acceptors (Lipinski definition) is 8. The maximum Gasteiger partial charge on any atom is 0.336 e. The summed E-state index contributed by atoms with van der Waals surface area (Å²) in [4.78, 5) is 44.7. The Balaban J connectivity index is 0.903. The third-order valence-electron chi connectivity index (χ3n) is 15.5. The number of aryl methyl sites for hydroxylation is 2. The molecule has 69 heavy (non-hydrogen) atoms. The molecule has 0 radical (unpaired) electrons. The van der Waals surface area contributed by atoms with Crippen LogP contribution in [-0.2, 0) is 30.5 Å². The number of fused-ring (bicyclic) bond motifs is 5. The van der Waals surface area contributed by atoms with E-state index in [1.54, 1.807) is 18.2 Å². The van der Waals surface area contributed by atoms with Gasteiger partial charge in [0.05, 0.1) is 11.1 Å². The lowest BCUT2D eigenvalue weighted by atomic mass is 9.82. The molecule has 11 rings (SSSR count). The van der Waals surface area contributed by atoms with E-state index in [1.807, 2.05) is 42.5 Å². The number of nitrogens with one attached hydrogen (secondary N) is 2. The predicted octanol–water partition coefficient (Wildman–Crippen LogP) is 6.84. The summed E-state index contributed by atoms with van der Waals surface area (Å²) in [5.74, 6) is 0.816. The van der Waals surface area contributed by atoms with Crippen molar-refractivity contribution in [3.8, 4) is 17.2 Å². The Morgan fingerprint density at radius 2 is 1.61 bits per heavy atom. The molecule has 12 heteroatoms. The largest absolute Gasteiger partial charge is 0.490 e. The molecule has 0 aromatic heterocycles. The molecule has 12 nitrogen and oxygen atoms in total. The van der Waals surface area contributed by atoms with Crippen LogP contribution in [0.25, 0.3) is 16.3 Å². The number of hydrogen-bond donors (Lipinski definition) is 4. The number of benzene rings is 5. The number of ether oxygens (including phenoxy) is 2. The Morgan fingerprint density at radius 3 is 2.48 bits per heavy atom. The second kappa shape index (κ2) is 19.6. The first-order valence-electron chi connectivity index (χ1n) is 25.7. The first-order valence-corrected chi connectivity index (χ1v) is 25.7. The Hall–Kier alpha value is -6.24. The Labute approximate surface area is 403 Å². The van der Waals surface area contributed by atoms with Crippen molar-refractivity contribution in [3.05, 3.63) is 128 Å². The summed E-state index contributed by atoms with van der Waals surface area (Å²) in [6.07, 6.45) is 13.5. The molecule has 0 spiro atoms. The molecule has 5 aliphatic heterocycles. The van der Waals surface area contributed by atoms with Gasteiger partial charge in [-0.05, 0) is 117 Å². The molecule has 4 N–H and O–H groups in total. The van der Waals surface area contributed by atoms with E-state index in [2.05, 4.69) is 32.4 Å². The van der Waals surface area contributed by atoms with Crippen molar-refractivity contribution in [2.24, 2.45) is 5.92 Å². The van der Waals surface area contributed by atoms with E-state index in [0.29, 0.717) is 24.4 Å². The Bertz CT molecular complexity index is 2970. The third kappa shape index (κ3) is 8.98. The number of rotatable bonds is 13. The maximum absolute atomic E-state index is 14.6. The number of amides is 2. The van der Waals surface area contributed by atoms with Crippen molar-refractivity contribution in [3.63, 3.8) is 0 Å². The van der Waals surface area contributed by atoms with Gasteiger partial charge in [-0.1, -0.05) is 55.7 Å². The number of carbonyl (C=O) groups excluding carboxylic acids is 2. The van der Waals surface area contributed by atoms with Crippen LogP contribution in [0.2, 0.25) is 0 Å². The molecule has 358 valence electrons. The number of anilines is 1. The van der Waals surface area contributed by atoms with Crippen LogP contribution in [0.5, 0.6) is 17.2 Å². The standard InChI is InChI=1S/C57H63N5O7/c63-41(35-68-49-21-8-16-37-14-4-5-18-42(37)49)33-58-25-24-50(64)62(34-36-12-2-1-3-13-36)59-56(65)40-22-23-43(57(66)67)46(32-40)51-47-30-38-15-6-7-26-60-28-10-19-44(52(38)60)54(47)69-55-45-20-11-29-61-27-9-17-39(53(45)61)31-48(51)55/h4-5,8,14,16,18,21-23,30-32,36,41,58,63H,1-3,6-7,9-13,15,17,19-20,24-29,33-35H2,(H-,59,65,66,67)/p+1. The van der Waals surface area contributed by atoms with Crippen molar-refractivity contribution in [1.82, 2.24) is 20.3 Å². The van der Waals surface area contributed by atoms with Crippen LogP contribution < -0.4 is 40.3 Å². The van der Waals surface area contributed by atoms with Crippen LogP contribution in [0.3, 0.4) is 0 Å². The van der Waals surface area contributed by atoms with Crippen molar-refractivity contribution in [2.75, 3.05) is 57.3 Å². The van der Waals surface area contributed by atoms with E-state index < -0.39 is 18.0 Å². The predicted molar refractivity (Wildman–Crippen MR) is 267 cm³/mol. The van der Waals surface area contributed by atoms with Gasteiger partial charge < -0.3 is 29.9 Å². The minimum Gasteiger partial charge on any atom is -0.490 e. The molecule has 1 aliphatic carbocycles. The van der Waals surface area contributed by atoms with Crippen LogP contribution in [0.4, 0.5) is 5.69 Å². The number of aliphatic hydroxyl groups is 1. The van der Waals surface area contributed by atoms with Gasteiger partial charge in [-0.3, -0.25) is 20.0 Å². The summed E-state index contributed by atoms with van der Waals surface area (Å²) >= 11 is 0. The van der Waals surface area contributed by atoms with Gasteiger partial charge in [0, 0.05) is 96.1 Å². The lowest BCUT2D eigenvalue weighted by Gasteiger charge is -2.36. The molecule has 1 saturated carbocycles. The highest BCUT2D eigenvalue weighted by Crippen LogP contribution is 2.48. The number of aromatic carboxylic acids is 1. The smallest absolute Gasteiger partial charge is 0.336 e. The van der Waals surface area contributed by atoms with Crippen molar-refractivity contribution in [2.45, 2.75) is 102 Å². The minimum atomic E-state index is -1.07. The van der Waals surface area contributed by atoms with E-state index in [1.165, 1.54) is 38.3 Å². The average molecular weight is 931 g/mol. The van der Waals surface area contributed by atoms with Crippen LogP contribution in [0.1, 0.15) is 125 Å². The summed E-state index contributed by atoms with van der Waals surface area (Å²) in [7, 11) is 0. The number of hydrazine groups is 1. The van der Waals surface area contributed by atoms with Crippen LogP contribution >= 0.6 is 0 Å². The SMILES string of the molecule is O=C(NN(CC1CCCCC1)C(=O)CCNCC(O)COc1cccc2ccccc12)c1ccc(C(=O)O)c(C2=c3cc4c5c(c3Oc3c2cc2c6c3CCCN6CCCC2)CCC[N+]=5CCC4)c1. The number of carbonyl (C=O) groups is 3. The first kappa shape index (κ1) is 45.2. The summed E-state index contributed by atoms with van der Waals surface area (Å²) in [5.41, 5.74) is 11.8. The van der Waals surface area contributed by atoms with Crippen LogP contribution in [-0.4, -0.2) is 91.5 Å². The fourth-order valence-electron chi connectivity index (χ4n) is 12.2. The zero-order chi connectivity index (χ0) is 47.0. The molecule has 1 atom stereocenters.